The second-order valence-electron chi connectivity index (χ2n) is 6.86. The Morgan fingerprint density at radius 1 is 1.07 bits per heavy atom. The summed E-state index contributed by atoms with van der Waals surface area (Å²) >= 11 is 0. The second kappa shape index (κ2) is 6.74. The first kappa shape index (κ1) is 17.6. The molecule has 0 N–H and O–H groups in total. The third kappa shape index (κ3) is 2.78. The van der Waals surface area contributed by atoms with E-state index >= 15 is 0 Å². The van der Waals surface area contributed by atoms with Gasteiger partial charge in [-0.25, -0.2) is 0 Å². The van der Waals surface area contributed by atoms with Crippen molar-refractivity contribution in [1.29, 1.82) is 0 Å². The Balaban J connectivity index is 1.77. The topological polar surface area (TPSA) is 74.1 Å². The largest absolute Gasteiger partial charge is 0.493 e. The lowest BCUT2D eigenvalue weighted by atomic mass is 9.83. The number of nitrogens with zero attached hydrogens (tertiary/aromatic N) is 2. The Morgan fingerprint density at radius 3 is 2.48 bits per heavy atom. The Hall–Kier alpha value is -2.80. The molecule has 7 heteroatoms. The number of fused-ring (bicyclic) bond motifs is 4. The Morgan fingerprint density at radius 2 is 1.81 bits per heavy atom. The molecule has 0 aliphatic carbocycles. The van der Waals surface area contributed by atoms with Crippen LogP contribution >= 0.6 is 0 Å². The minimum Gasteiger partial charge on any atom is -0.493 e. The summed E-state index contributed by atoms with van der Waals surface area (Å²) in [5.41, 5.74) is 4.56. The van der Waals surface area contributed by atoms with Crippen molar-refractivity contribution in [1.82, 2.24) is 4.90 Å². The van der Waals surface area contributed by atoms with Gasteiger partial charge in [-0.2, -0.15) is 0 Å². The number of nitro benzene ring substituents is 1. The van der Waals surface area contributed by atoms with Gasteiger partial charge in [0.05, 0.1) is 26.3 Å². The molecule has 0 aromatic heterocycles. The van der Waals surface area contributed by atoms with Crippen molar-refractivity contribution in [3.8, 4) is 17.2 Å². The molecular formula is C20H22N2O5. The van der Waals surface area contributed by atoms with Crippen molar-refractivity contribution >= 4 is 5.69 Å². The van der Waals surface area contributed by atoms with Crippen molar-refractivity contribution in [2.24, 2.45) is 0 Å². The zero-order valence-electron chi connectivity index (χ0n) is 15.7. The Labute approximate surface area is 157 Å². The van der Waals surface area contributed by atoms with Crippen molar-refractivity contribution in [2.45, 2.75) is 25.4 Å². The molecule has 0 radical (unpaired) electrons. The fourth-order valence-corrected chi connectivity index (χ4v) is 4.31. The van der Waals surface area contributed by atoms with Crippen LogP contribution in [0.4, 0.5) is 5.69 Å². The van der Waals surface area contributed by atoms with E-state index in [1.807, 2.05) is 6.07 Å². The summed E-state index contributed by atoms with van der Waals surface area (Å²) in [6, 6.07) is 7.76. The molecule has 4 rings (SSSR count). The van der Waals surface area contributed by atoms with Crippen molar-refractivity contribution in [3.63, 3.8) is 0 Å². The fraction of sp³-hybridized carbons (Fsp3) is 0.400. The molecule has 2 aliphatic rings. The van der Waals surface area contributed by atoms with Gasteiger partial charge in [-0.05, 0) is 41.7 Å². The molecule has 2 aromatic rings. The maximum absolute atomic E-state index is 11.3. The van der Waals surface area contributed by atoms with Crippen LogP contribution in [0, 0.1) is 10.1 Å². The summed E-state index contributed by atoms with van der Waals surface area (Å²) in [5, 5.41) is 11.3. The summed E-state index contributed by atoms with van der Waals surface area (Å²) in [6.45, 7) is 1.52. The SMILES string of the molecule is COc1cc2c(cc1OC)C1Cc3ccc([N+](=O)[O-])c(OC)c3CN1CC2. The lowest BCUT2D eigenvalue weighted by Gasteiger charge is -2.41. The number of nitro groups is 1. The van der Waals surface area contributed by atoms with Gasteiger partial charge in [0, 0.05) is 30.8 Å². The molecule has 1 unspecified atom stereocenters. The highest BCUT2D eigenvalue weighted by Gasteiger charge is 2.36. The zero-order valence-corrected chi connectivity index (χ0v) is 15.7. The molecule has 0 spiro atoms. The quantitative estimate of drug-likeness (QED) is 0.607. The molecule has 27 heavy (non-hydrogen) atoms. The highest BCUT2D eigenvalue weighted by atomic mass is 16.6. The van der Waals surface area contributed by atoms with E-state index in [-0.39, 0.29) is 16.7 Å². The van der Waals surface area contributed by atoms with Crippen LogP contribution < -0.4 is 14.2 Å². The average Bonchev–Trinajstić information content (AvgIpc) is 2.69. The zero-order chi connectivity index (χ0) is 19.1. The normalized spacial score (nSPS) is 18.1. The van der Waals surface area contributed by atoms with Crippen LogP contribution in [0.2, 0.25) is 0 Å². The molecule has 2 aliphatic heterocycles. The van der Waals surface area contributed by atoms with Crippen LogP contribution in [-0.4, -0.2) is 37.7 Å². The third-order valence-corrected chi connectivity index (χ3v) is 5.63. The first-order chi connectivity index (χ1) is 13.1. The second-order valence-corrected chi connectivity index (χ2v) is 6.86. The molecule has 1 atom stereocenters. The molecule has 142 valence electrons. The number of benzene rings is 2. The Bertz CT molecular complexity index is 912. The number of rotatable bonds is 4. The molecule has 2 aromatic carbocycles. The molecule has 2 heterocycles. The molecule has 0 saturated heterocycles. The summed E-state index contributed by atoms with van der Waals surface area (Å²) < 4.78 is 16.3. The van der Waals surface area contributed by atoms with E-state index in [0.29, 0.717) is 12.3 Å². The maximum atomic E-state index is 11.3. The van der Waals surface area contributed by atoms with Gasteiger partial charge >= 0.3 is 5.69 Å². The minimum atomic E-state index is -0.381. The van der Waals surface area contributed by atoms with E-state index in [1.54, 1.807) is 20.3 Å². The third-order valence-electron chi connectivity index (χ3n) is 5.63. The van der Waals surface area contributed by atoms with Gasteiger partial charge in [-0.1, -0.05) is 6.07 Å². The van der Waals surface area contributed by atoms with Gasteiger partial charge in [0.1, 0.15) is 0 Å². The van der Waals surface area contributed by atoms with Crippen molar-refractivity contribution in [3.05, 3.63) is 56.6 Å². The number of hydrogen-bond donors (Lipinski definition) is 0. The minimum absolute atomic E-state index is 0.0264. The number of hydrogen-bond acceptors (Lipinski definition) is 6. The smallest absolute Gasteiger partial charge is 0.311 e. The number of ether oxygens (including phenoxy) is 3. The van der Waals surface area contributed by atoms with Crippen LogP contribution in [0.25, 0.3) is 0 Å². The molecule has 0 fully saturated rings. The number of methoxy groups -OCH3 is 3. The summed E-state index contributed by atoms with van der Waals surface area (Å²) in [7, 11) is 4.79. The first-order valence-corrected chi connectivity index (χ1v) is 8.89. The molecule has 0 saturated carbocycles. The highest BCUT2D eigenvalue weighted by molar-refractivity contribution is 5.57. The molecule has 7 nitrogen and oxygen atoms in total. The molecular weight excluding hydrogens is 348 g/mol. The highest BCUT2D eigenvalue weighted by Crippen LogP contribution is 2.45. The van der Waals surface area contributed by atoms with Gasteiger partial charge < -0.3 is 14.2 Å². The summed E-state index contributed by atoms with van der Waals surface area (Å²) in [6.07, 6.45) is 1.69. The van der Waals surface area contributed by atoms with Gasteiger partial charge in [-0.15, -0.1) is 0 Å². The molecule has 0 bridgehead atoms. The lowest BCUT2D eigenvalue weighted by molar-refractivity contribution is -0.385. The van der Waals surface area contributed by atoms with Crippen LogP contribution in [0.5, 0.6) is 17.2 Å². The Kier molecular flexibility index (Phi) is 4.39. The van der Waals surface area contributed by atoms with E-state index in [1.165, 1.54) is 18.2 Å². The van der Waals surface area contributed by atoms with Gasteiger partial charge in [0.25, 0.3) is 0 Å². The van der Waals surface area contributed by atoms with Crippen molar-refractivity contribution in [2.75, 3.05) is 27.9 Å². The monoisotopic (exact) mass is 370 g/mol. The van der Waals surface area contributed by atoms with E-state index in [0.717, 1.165) is 42.0 Å². The molecule has 0 amide bonds. The van der Waals surface area contributed by atoms with Crippen LogP contribution in [-0.2, 0) is 19.4 Å². The maximum Gasteiger partial charge on any atom is 0.311 e. The first-order valence-electron chi connectivity index (χ1n) is 8.89. The van der Waals surface area contributed by atoms with Crippen LogP contribution in [0.1, 0.15) is 28.3 Å². The average molecular weight is 370 g/mol. The lowest BCUT2D eigenvalue weighted by Crippen LogP contribution is -2.39. The summed E-state index contributed by atoms with van der Waals surface area (Å²) in [4.78, 5) is 13.3. The van der Waals surface area contributed by atoms with Gasteiger partial charge in [-0.3, -0.25) is 15.0 Å². The van der Waals surface area contributed by atoms with Gasteiger partial charge in [0.15, 0.2) is 11.5 Å². The van der Waals surface area contributed by atoms with Crippen LogP contribution in [0.3, 0.4) is 0 Å². The van der Waals surface area contributed by atoms with Crippen LogP contribution in [0.15, 0.2) is 24.3 Å². The fourth-order valence-electron chi connectivity index (χ4n) is 4.31. The predicted octanol–water partition coefficient (Wildman–Crippen LogP) is 3.28. The van der Waals surface area contributed by atoms with Gasteiger partial charge in [0.2, 0.25) is 5.75 Å². The predicted molar refractivity (Wildman–Crippen MR) is 99.8 cm³/mol. The standard InChI is InChI=1S/C20H22N2O5/c1-25-18-9-13-6-7-21-11-15-12(4-5-16(22(23)24)20(15)27-3)8-17(21)14(13)10-19(18)26-2/h4-5,9-10,17H,6-8,11H2,1-3H3. The van der Waals surface area contributed by atoms with E-state index in [9.17, 15) is 10.1 Å². The summed E-state index contributed by atoms with van der Waals surface area (Å²) in [5.74, 6) is 1.86. The van der Waals surface area contributed by atoms with Crippen molar-refractivity contribution < 1.29 is 19.1 Å². The van der Waals surface area contributed by atoms with E-state index in [2.05, 4.69) is 17.0 Å². The van der Waals surface area contributed by atoms with E-state index in [4.69, 9.17) is 14.2 Å². The van der Waals surface area contributed by atoms with E-state index < -0.39 is 0 Å².